The van der Waals surface area contributed by atoms with Crippen LogP contribution in [0.2, 0.25) is 0 Å². The van der Waals surface area contributed by atoms with Crippen LogP contribution in [0.3, 0.4) is 0 Å². The van der Waals surface area contributed by atoms with Crippen molar-refractivity contribution in [1.29, 1.82) is 0 Å². The van der Waals surface area contributed by atoms with E-state index in [1.165, 1.54) is 10.5 Å². The van der Waals surface area contributed by atoms with Gasteiger partial charge >= 0.3 is 0 Å². The smallest absolute Gasteiger partial charge is 0.119 e. The summed E-state index contributed by atoms with van der Waals surface area (Å²) in [6.45, 7) is 4.76. The van der Waals surface area contributed by atoms with E-state index in [4.69, 9.17) is 4.74 Å². The first-order valence-electron chi connectivity index (χ1n) is 7.09. The standard InChI is InChI=1S/C17H20BrNOS/c1-2-19-13-14-4-3-5-17(12-14)21-11-10-20-16-8-6-15(18)7-9-16/h3-9,12,19H,2,10-11,13H2,1H3. The second kappa shape index (κ2) is 9.13. The highest BCUT2D eigenvalue weighted by Crippen LogP contribution is 2.20. The summed E-state index contributed by atoms with van der Waals surface area (Å²) in [5.74, 6) is 1.86. The average molecular weight is 366 g/mol. The summed E-state index contributed by atoms with van der Waals surface area (Å²) >= 11 is 5.25. The van der Waals surface area contributed by atoms with Crippen LogP contribution in [-0.4, -0.2) is 18.9 Å². The van der Waals surface area contributed by atoms with E-state index in [1.807, 2.05) is 36.0 Å². The summed E-state index contributed by atoms with van der Waals surface area (Å²) in [5.41, 5.74) is 1.33. The van der Waals surface area contributed by atoms with Gasteiger partial charge < -0.3 is 10.1 Å². The van der Waals surface area contributed by atoms with E-state index < -0.39 is 0 Å². The topological polar surface area (TPSA) is 21.3 Å². The number of hydrogen-bond donors (Lipinski definition) is 1. The molecule has 1 N–H and O–H groups in total. The van der Waals surface area contributed by atoms with Gasteiger partial charge in [-0.1, -0.05) is 35.0 Å². The minimum absolute atomic E-state index is 0.712. The largest absolute Gasteiger partial charge is 0.493 e. The molecule has 0 unspecified atom stereocenters. The molecule has 0 saturated heterocycles. The Morgan fingerprint density at radius 1 is 1.14 bits per heavy atom. The predicted octanol–water partition coefficient (Wildman–Crippen LogP) is 4.73. The Labute approximate surface area is 139 Å². The summed E-state index contributed by atoms with van der Waals surface area (Å²) in [6.07, 6.45) is 0. The maximum Gasteiger partial charge on any atom is 0.119 e. The molecule has 0 heterocycles. The van der Waals surface area contributed by atoms with E-state index in [0.29, 0.717) is 6.61 Å². The zero-order valence-electron chi connectivity index (χ0n) is 12.1. The molecular weight excluding hydrogens is 346 g/mol. The van der Waals surface area contributed by atoms with Gasteiger partial charge in [-0.05, 0) is 48.5 Å². The lowest BCUT2D eigenvalue weighted by Gasteiger charge is -2.07. The molecule has 0 bridgehead atoms. The average Bonchev–Trinajstić information content (AvgIpc) is 2.52. The molecule has 0 aromatic heterocycles. The third-order valence-electron chi connectivity index (χ3n) is 2.91. The number of thioether (sulfide) groups is 1. The zero-order valence-corrected chi connectivity index (χ0v) is 14.5. The molecule has 2 nitrogen and oxygen atoms in total. The Hall–Kier alpha value is -0.970. The second-order valence-electron chi connectivity index (χ2n) is 4.58. The summed E-state index contributed by atoms with van der Waals surface area (Å²) in [4.78, 5) is 1.30. The van der Waals surface area contributed by atoms with E-state index >= 15 is 0 Å². The van der Waals surface area contributed by atoms with Gasteiger partial charge in [-0.25, -0.2) is 0 Å². The molecule has 0 aliphatic carbocycles. The van der Waals surface area contributed by atoms with Gasteiger partial charge in [0.25, 0.3) is 0 Å². The minimum Gasteiger partial charge on any atom is -0.493 e. The number of rotatable bonds is 8. The quantitative estimate of drug-likeness (QED) is 0.539. The highest BCUT2D eigenvalue weighted by Gasteiger charge is 1.98. The van der Waals surface area contributed by atoms with Crippen molar-refractivity contribution in [3.05, 3.63) is 58.6 Å². The molecule has 0 atom stereocenters. The normalized spacial score (nSPS) is 10.6. The van der Waals surface area contributed by atoms with Crippen molar-refractivity contribution < 1.29 is 4.74 Å². The van der Waals surface area contributed by atoms with Gasteiger partial charge in [0.2, 0.25) is 0 Å². The Morgan fingerprint density at radius 2 is 1.95 bits per heavy atom. The van der Waals surface area contributed by atoms with Gasteiger partial charge in [-0.2, -0.15) is 0 Å². The molecule has 0 fully saturated rings. The first-order chi connectivity index (χ1) is 10.3. The van der Waals surface area contributed by atoms with Crippen LogP contribution in [0.4, 0.5) is 0 Å². The van der Waals surface area contributed by atoms with Gasteiger partial charge in [-0.15, -0.1) is 11.8 Å². The number of hydrogen-bond acceptors (Lipinski definition) is 3. The van der Waals surface area contributed by atoms with Crippen LogP contribution >= 0.6 is 27.7 Å². The third kappa shape index (κ3) is 6.12. The molecule has 0 aliphatic rings. The van der Waals surface area contributed by atoms with Gasteiger partial charge in [-0.3, -0.25) is 0 Å². The molecule has 4 heteroatoms. The molecule has 0 radical (unpaired) electrons. The molecule has 0 amide bonds. The number of nitrogens with one attached hydrogen (secondary N) is 1. The zero-order chi connectivity index (χ0) is 14.9. The van der Waals surface area contributed by atoms with Gasteiger partial charge in [0, 0.05) is 21.7 Å². The van der Waals surface area contributed by atoms with Crippen LogP contribution < -0.4 is 10.1 Å². The van der Waals surface area contributed by atoms with Crippen molar-refractivity contribution in [1.82, 2.24) is 5.32 Å². The van der Waals surface area contributed by atoms with Gasteiger partial charge in [0.05, 0.1) is 6.61 Å². The lowest BCUT2D eigenvalue weighted by molar-refractivity contribution is 0.344. The van der Waals surface area contributed by atoms with E-state index in [0.717, 1.165) is 29.1 Å². The van der Waals surface area contributed by atoms with Crippen molar-refractivity contribution in [2.45, 2.75) is 18.4 Å². The van der Waals surface area contributed by atoms with Crippen LogP contribution in [0.5, 0.6) is 5.75 Å². The molecule has 0 saturated carbocycles. The van der Waals surface area contributed by atoms with Crippen LogP contribution in [0.25, 0.3) is 0 Å². The van der Waals surface area contributed by atoms with Gasteiger partial charge in [0.15, 0.2) is 0 Å². The fourth-order valence-corrected chi connectivity index (χ4v) is 2.94. The van der Waals surface area contributed by atoms with E-state index in [-0.39, 0.29) is 0 Å². The number of ether oxygens (including phenoxy) is 1. The lowest BCUT2D eigenvalue weighted by Crippen LogP contribution is -2.11. The summed E-state index contributed by atoms with van der Waals surface area (Å²) < 4.78 is 6.79. The molecule has 0 spiro atoms. The van der Waals surface area contributed by atoms with Crippen molar-refractivity contribution in [2.24, 2.45) is 0 Å². The molecule has 2 aromatic carbocycles. The van der Waals surface area contributed by atoms with Crippen LogP contribution in [-0.2, 0) is 6.54 Å². The monoisotopic (exact) mass is 365 g/mol. The summed E-state index contributed by atoms with van der Waals surface area (Å²) in [5, 5.41) is 3.35. The first-order valence-corrected chi connectivity index (χ1v) is 8.86. The maximum absolute atomic E-state index is 5.72. The maximum atomic E-state index is 5.72. The van der Waals surface area contributed by atoms with Crippen molar-refractivity contribution in [3.63, 3.8) is 0 Å². The Morgan fingerprint density at radius 3 is 2.71 bits per heavy atom. The molecule has 2 rings (SSSR count). The fourth-order valence-electron chi connectivity index (χ4n) is 1.86. The number of halogens is 1. The highest BCUT2D eigenvalue weighted by atomic mass is 79.9. The highest BCUT2D eigenvalue weighted by molar-refractivity contribution is 9.10. The van der Waals surface area contributed by atoms with Crippen LogP contribution in [0.15, 0.2) is 57.9 Å². The minimum atomic E-state index is 0.712. The molecule has 0 aliphatic heterocycles. The van der Waals surface area contributed by atoms with Crippen LogP contribution in [0.1, 0.15) is 12.5 Å². The summed E-state index contributed by atoms with van der Waals surface area (Å²) in [6, 6.07) is 16.6. The van der Waals surface area contributed by atoms with E-state index in [2.05, 4.69) is 52.4 Å². The predicted molar refractivity (Wildman–Crippen MR) is 94.2 cm³/mol. The van der Waals surface area contributed by atoms with Crippen molar-refractivity contribution >= 4 is 27.7 Å². The summed E-state index contributed by atoms with van der Waals surface area (Å²) in [7, 11) is 0. The number of benzene rings is 2. The first kappa shape index (κ1) is 16.4. The van der Waals surface area contributed by atoms with Crippen molar-refractivity contribution in [3.8, 4) is 5.75 Å². The SMILES string of the molecule is CCNCc1cccc(SCCOc2ccc(Br)cc2)c1. The molecule has 2 aromatic rings. The van der Waals surface area contributed by atoms with E-state index in [1.54, 1.807) is 0 Å². The van der Waals surface area contributed by atoms with Crippen LogP contribution in [0, 0.1) is 0 Å². The lowest BCUT2D eigenvalue weighted by atomic mass is 10.2. The fraction of sp³-hybridized carbons (Fsp3) is 0.294. The van der Waals surface area contributed by atoms with E-state index in [9.17, 15) is 0 Å². The molecular formula is C17H20BrNOS. The molecule has 112 valence electrons. The Kier molecular flexibility index (Phi) is 7.13. The third-order valence-corrected chi connectivity index (χ3v) is 4.40. The Balaban J connectivity index is 1.74. The molecule has 21 heavy (non-hydrogen) atoms. The second-order valence-corrected chi connectivity index (χ2v) is 6.66. The van der Waals surface area contributed by atoms with Gasteiger partial charge in [0.1, 0.15) is 5.75 Å². The van der Waals surface area contributed by atoms with Crippen molar-refractivity contribution in [2.75, 3.05) is 18.9 Å². The Bertz CT molecular complexity index is 545.